The molecule has 5 nitrogen and oxygen atoms in total. The lowest BCUT2D eigenvalue weighted by Crippen LogP contribution is -2.42. The van der Waals surface area contributed by atoms with Crippen molar-refractivity contribution in [3.05, 3.63) is 18.0 Å². The Morgan fingerprint density at radius 3 is 3.12 bits per heavy atom. The van der Waals surface area contributed by atoms with Crippen molar-refractivity contribution in [1.82, 2.24) is 20.0 Å². The Labute approximate surface area is 102 Å². The van der Waals surface area contributed by atoms with Crippen LogP contribution in [0.15, 0.2) is 12.3 Å². The SMILES string of the molecule is CNCC(=O)N1CCC[C@@H](c2ccn(C)n2)C1. The number of aromatic nitrogens is 2. The Balaban J connectivity index is 1.99. The predicted molar refractivity (Wildman–Crippen MR) is 65.7 cm³/mol. The van der Waals surface area contributed by atoms with Crippen LogP contribution in [-0.2, 0) is 11.8 Å². The van der Waals surface area contributed by atoms with Crippen molar-refractivity contribution in [2.75, 3.05) is 26.7 Å². The van der Waals surface area contributed by atoms with Crippen LogP contribution in [0.1, 0.15) is 24.5 Å². The van der Waals surface area contributed by atoms with Crippen LogP contribution < -0.4 is 5.32 Å². The van der Waals surface area contributed by atoms with E-state index >= 15 is 0 Å². The molecule has 1 saturated heterocycles. The highest BCUT2D eigenvalue weighted by molar-refractivity contribution is 5.78. The Morgan fingerprint density at radius 2 is 2.47 bits per heavy atom. The van der Waals surface area contributed by atoms with Gasteiger partial charge in [0.05, 0.1) is 12.2 Å². The molecule has 1 aliphatic heterocycles. The average Bonchev–Trinajstić information content (AvgIpc) is 2.76. The Morgan fingerprint density at radius 1 is 1.65 bits per heavy atom. The zero-order chi connectivity index (χ0) is 12.3. The van der Waals surface area contributed by atoms with E-state index in [1.165, 1.54) is 0 Å². The first kappa shape index (κ1) is 12.1. The summed E-state index contributed by atoms with van der Waals surface area (Å²) in [6.07, 6.45) is 4.15. The average molecular weight is 236 g/mol. The molecule has 2 rings (SSSR count). The topological polar surface area (TPSA) is 50.2 Å². The highest BCUT2D eigenvalue weighted by Crippen LogP contribution is 2.25. The molecule has 1 aromatic rings. The summed E-state index contributed by atoms with van der Waals surface area (Å²) in [7, 11) is 3.73. The lowest BCUT2D eigenvalue weighted by Gasteiger charge is -2.32. The summed E-state index contributed by atoms with van der Waals surface area (Å²) >= 11 is 0. The minimum absolute atomic E-state index is 0.188. The molecule has 1 aromatic heterocycles. The molecule has 94 valence electrons. The van der Waals surface area contributed by atoms with Crippen molar-refractivity contribution in [2.45, 2.75) is 18.8 Å². The molecule has 17 heavy (non-hydrogen) atoms. The molecule has 0 aliphatic carbocycles. The van der Waals surface area contributed by atoms with Gasteiger partial charge in [-0.05, 0) is 26.0 Å². The number of likely N-dealkylation sites (N-methyl/N-ethyl adjacent to an activating group) is 1. The van der Waals surface area contributed by atoms with Gasteiger partial charge in [0.2, 0.25) is 5.91 Å². The molecule has 5 heteroatoms. The number of nitrogens with zero attached hydrogens (tertiary/aromatic N) is 3. The third-order valence-electron chi connectivity index (χ3n) is 3.25. The Hall–Kier alpha value is -1.36. The van der Waals surface area contributed by atoms with Crippen molar-refractivity contribution < 1.29 is 4.79 Å². The first-order chi connectivity index (χ1) is 8.20. The van der Waals surface area contributed by atoms with Crippen LogP contribution in [0.4, 0.5) is 0 Å². The van der Waals surface area contributed by atoms with E-state index in [9.17, 15) is 4.79 Å². The lowest BCUT2D eigenvalue weighted by molar-refractivity contribution is -0.131. The van der Waals surface area contributed by atoms with Crippen molar-refractivity contribution in [3.63, 3.8) is 0 Å². The number of likely N-dealkylation sites (tertiary alicyclic amines) is 1. The third-order valence-corrected chi connectivity index (χ3v) is 3.25. The van der Waals surface area contributed by atoms with E-state index in [-0.39, 0.29) is 5.91 Å². The maximum absolute atomic E-state index is 11.8. The number of aryl methyl sites for hydroxylation is 1. The van der Waals surface area contributed by atoms with E-state index in [1.807, 2.05) is 22.8 Å². The highest BCUT2D eigenvalue weighted by atomic mass is 16.2. The molecule has 2 heterocycles. The van der Waals surface area contributed by atoms with Crippen molar-refractivity contribution >= 4 is 5.91 Å². The number of piperidine rings is 1. The Kier molecular flexibility index (Phi) is 3.78. The van der Waals surface area contributed by atoms with Gasteiger partial charge in [0.15, 0.2) is 0 Å². The minimum atomic E-state index is 0.188. The molecule has 0 unspecified atom stereocenters. The van der Waals surface area contributed by atoms with E-state index < -0.39 is 0 Å². The Bertz CT molecular complexity index is 388. The van der Waals surface area contributed by atoms with E-state index in [2.05, 4.69) is 16.5 Å². The molecule has 1 atom stereocenters. The first-order valence-corrected chi connectivity index (χ1v) is 6.12. The fraction of sp³-hybridized carbons (Fsp3) is 0.667. The lowest BCUT2D eigenvalue weighted by atomic mass is 9.95. The van der Waals surface area contributed by atoms with Crippen LogP contribution in [-0.4, -0.2) is 47.3 Å². The summed E-state index contributed by atoms with van der Waals surface area (Å²) in [4.78, 5) is 13.8. The quantitative estimate of drug-likeness (QED) is 0.823. The smallest absolute Gasteiger partial charge is 0.236 e. The highest BCUT2D eigenvalue weighted by Gasteiger charge is 2.25. The van der Waals surface area contributed by atoms with Gasteiger partial charge < -0.3 is 10.2 Å². The second-order valence-corrected chi connectivity index (χ2v) is 4.62. The number of amides is 1. The van der Waals surface area contributed by atoms with E-state index in [0.29, 0.717) is 12.5 Å². The molecular weight excluding hydrogens is 216 g/mol. The predicted octanol–water partition coefficient (Wildman–Crippen LogP) is 0.345. The van der Waals surface area contributed by atoms with Crippen LogP contribution in [0.5, 0.6) is 0 Å². The van der Waals surface area contributed by atoms with Crippen LogP contribution in [0.2, 0.25) is 0 Å². The summed E-state index contributed by atoms with van der Waals surface area (Å²) in [5.74, 6) is 0.582. The number of carbonyl (C=O) groups excluding carboxylic acids is 1. The van der Waals surface area contributed by atoms with Gasteiger partial charge in [0, 0.05) is 32.3 Å². The van der Waals surface area contributed by atoms with Gasteiger partial charge in [-0.1, -0.05) is 0 Å². The maximum Gasteiger partial charge on any atom is 0.236 e. The molecule has 1 N–H and O–H groups in total. The van der Waals surface area contributed by atoms with Gasteiger partial charge in [0.1, 0.15) is 0 Å². The zero-order valence-corrected chi connectivity index (χ0v) is 10.5. The summed E-state index contributed by atoms with van der Waals surface area (Å²) in [6.45, 7) is 2.11. The summed E-state index contributed by atoms with van der Waals surface area (Å²) in [5.41, 5.74) is 1.11. The molecule has 0 radical (unpaired) electrons. The second-order valence-electron chi connectivity index (χ2n) is 4.62. The standard InChI is InChI=1S/C12H20N4O/c1-13-8-12(17)16-6-3-4-10(9-16)11-5-7-15(2)14-11/h5,7,10,13H,3-4,6,8-9H2,1-2H3/t10-/m1/s1. The molecule has 0 spiro atoms. The van der Waals surface area contributed by atoms with Gasteiger partial charge in [-0.3, -0.25) is 9.48 Å². The normalized spacial score (nSPS) is 20.6. The maximum atomic E-state index is 11.8. The van der Waals surface area contributed by atoms with Crippen molar-refractivity contribution in [1.29, 1.82) is 0 Å². The number of hydrogen-bond donors (Lipinski definition) is 1. The number of rotatable bonds is 3. The molecular formula is C12H20N4O. The number of hydrogen-bond acceptors (Lipinski definition) is 3. The van der Waals surface area contributed by atoms with Gasteiger partial charge in [-0.15, -0.1) is 0 Å². The summed E-state index contributed by atoms with van der Waals surface area (Å²) in [6, 6.07) is 2.05. The van der Waals surface area contributed by atoms with Crippen LogP contribution in [0.3, 0.4) is 0 Å². The van der Waals surface area contributed by atoms with Crippen molar-refractivity contribution in [3.8, 4) is 0 Å². The van der Waals surface area contributed by atoms with E-state index in [4.69, 9.17) is 0 Å². The summed E-state index contributed by atoms with van der Waals surface area (Å²) in [5, 5.41) is 7.35. The van der Waals surface area contributed by atoms with Crippen molar-refractivity contribution in [2.24, 2.45) is 7.05 Å². The molecule has 0 aromatic carbocycles. The largest absolute Gasteiger partial charge is 0.341 e. The zero-order valence-electron chi connectivity index (χ0n) is 10.5. The van der Waals surface area contributed by atoms with E-state index in [0.717, 1.165) is 31.6 Å². The van der Waals surface area contributed by atoms with Gasteiger partial charge in [-0.25, -0.2) is 0 Å². The molecule has 0 saturated carbocycles. The van der Waals surface area contributed by atoms with E-state index in [1.54, 1.807) is 7.05 Å². The summed E-state index contributed by atoms with van der Waals surface area (Å²) < 4.78 is 1.82. The fourth-order valence-electron chi connectivity index (χ4n) is 2.36. The monoisotopic (exact) mass is 236 g/mol. The molecule has 1 amide bonds. The van der Waals surface area contributed by atoms with Crippen LogP contribution >= 0.6 is 0 Å². The molecule has 0 bridgehead atoms. The van der Waals surface area contributed by atoms with Gasteiger partial charge >= 0.3 is 0 Å². The van der Waals surface area contributed by atoms with Crippen LogP contribution in [0, 0.1) is 0 Å². The fourth-order valence-corrected chi connectivity index (χ4v) is 2.36. The number of nitrogens with one attached hydrogen (secondary N) is 1. The first-order valence-electron chi connectivity index (χ1n) is 6.12. The minimum Gasteiger partial charge on any atom is -0.341 e. The van der Waals surface area contributed by atoms with Crippen LogP contribution in [0.25, 0.3) is 0 Å². The number of carbonyl (C=O) groups is 1. The van der Waals surface area contributed by atoms with Gasteiger partial charge in [-0.2, -0.15) is 5.10 Å². The second kappa shape index (κ2) is 5.31. The molecule has 1 aliphatic rings. The molecule has 1 fully saturated rings. The third kappa shape index (κ3) is 2.85. The van der Waals surface area contributed by atoms with Gasteiger partial charge in [0.25, 0.3) is 0 Å².